The molecule has 2 fully saturated rings. The third kappa shape index (κ3) is 4.23. The van der Waals surface area contributed by atoms with Gasteiger partial charge in [-0.1, -0.05) is 13.8 Å². The standard InChI is InChI=1S/C14H29N3/c1-14(2)5-9-17(10-6-14)8-4-13-12-16(3)11-7-15-13/h13,15H,4-12H2,1-3H3. The van der Waals surface area contributed by atoms with Crippen molar-refractivity contribution in [1.29, 1.82) is 0 Å². The first-order valence-electron chi connectivity index (χ1n) is 7.19. The Bertz CT molecular complexity index is 230. The van der Waals surface area contributed by atoms with Crippen LogP contribution < -0.4 is 5.32 Å². The molecule has 2 heterocycles. The molecule has 1 unspecified atom stereocenters. The average Bonchev–Trinajstić information content (AvgIpc) is 2.28. The highest BCUT2D eigenvalue weighted by molar-refractivity contribution is 4.81. The van der Waals surface area contributed by atoms with E-state index in [0.29, 0.717) is 11.5 Å². The molecule has 2 rings (SSSR count). The van der Waals surface area contributed by atoms with Crippen molar-refractivity contribution >= 4 is 0 Å². The molecule has 0 amide bonds. The molecule has 2 aliphatic rings. The molecule has 0 aromatic carbocycles. The van der Waals surface area contributed by atoms with Crippen LogP contribution in [-0.2, 0) is 0 Å². The molecule has 0 radical (unpaired) electrons. The van der Waals surface area contributed by atoms with E-state index >= 15 is 0 Å². The number of hydrogen-bond donors (Lipinski definition) is 1. The van der Waals surface area contributed by atoms with Crippen LogP contribution in [0, 0.1) is 5.41 Å². The lowest BCUT2D eigenvalue weighted by Gasteiger charge is -2.38. The Morgan fingerprint density at radius 1 is 1.18 bits per heavy atom. The summed E-state index contributed by atoms with van der Waals surface area (Å²) in [5.74, 6) is 0. The molecule has 0 saturated carbocycles. The van der Waals surface area contributed by atoms with Crippen molar-refractivity contribution in [3.05, 3.63) is 0 Å². The van der Waals surface area contributed by atoms with Gasteiger partial charge in [0.15, 0.2) is 0 Å². The fourth-order valence-corrected chi connectivity index (χ4v) is 2.91. The fraction of sp³-hybridized carbons (Fsp3) is 1.00. The highest BCUT2D eigenvalue weighted by atomic mass is 15.2. The van der Waals surface area contributed by atoms with Gasteiger partial charge >= 0.3 is 0 Å². The Hall–Kier alpha value is -0.120. The van der Waals surface area contributed by atoms with Crippen LogP contribution in [0.5, 0.6) is 0 Å². The van der Waals surface area contributed by atoms with Gasteiger partial charge in [0.1, 0.15) is 0 Å². The molecule has 0 aliphatic carbocycles. The van der Waals surface area contributed by atoms with Crippen molar-refractivity contribution in [1.82, 2.24) is 15.1 Å². The predicted octanol–water partition coefficient (Wildman–Crippen LogP) is 1.40. The van der Waals surface area contributed by atoms with E-state index in [-0.39, 0.29) is 0 Å². The maximum Gasteiger partial charge on any atom is 0.0207 e. The lowest BCUT2D eigenvalue weighted by molar-refractivity contribution is 0.123. The third-order valence-corrected chi connectivity index (χ3v) is 4.46. The molecular formula is C14H29N3. The molecule has 2 aliphatic heterocycles. The number of nitrogens with one attached hydrogen (secondary N) is 1. The van der Waals surface area contributed by atoms with Crippen LogP contribution >= 0.6 is 0 Å². The molecule has 1 atom stereocenters. The van der Waals surface area contributed by atoms with Crippen molar-refractivity contribution in [2.75, 3.05) is 46.3 Å². The molecule has 0 aromatic heterocycles. The van der Waals surface area contributed by atoms with Crippen molar-refractivity contribution in [2.24, 2.45) is 5.41 Å². The molecule has 2 saturated heterocycles. The van der Waals surface area contributed by atoms with Crippen molar-refractivity contribution in [3.63, 3.8) is 0 Å². The van der Waals surface area contributed by atoms with Gasteiger partial charge in [-0.3, -0.25) is 0 Å². The maximum absolute atomic E-state index is 3.64. The zero-order chi connectivity index (χ0) is 12.3. The van der Waals surface area contributed by atoms with Gasteiger partial charge in [-0.05, 0) is 51.4 Å². The average molecular weight is 239 g/mol. The Labute approximate surface area is 107 Å². The second-order valence-corrected chi connectivity index (χ2v) is 6.71. The summed E-state index contributed by atoms with van der Waals surface area (Å²) in [4.78, 5) is 5.10. The molecule has 17 heavy (non-hydrogen) atoms. The lowest BCUT2D eigenvalue weighted by Crippen LogP contribution is -2.50. The molecule has 3 nitrogen and oxygen atoms in total. The van der Waals surface area contributed by atoms with Crippen LogP contribution in [0.15, 0.2) is 0 Å². The fourth-order valence-electron chi connectivity index (χ4n) is 2.91. The first-order chi connectivity index (χ1) is 8.05. The van der Waals surface area contributed by atoms with E-state index in [1.807, 2.05) is 0 Å². The first kappa shape index (κ1) is 13.3. The minimum Gasteiger partial charge on any atom is -0.311 e. The van der Waals surface area contributed by atoms with E-state index in [1.165, 1.54) is 52.0 Å². The van der Waals surface area contributed by atoms with Crippen LogP contribution in [0.1, 0.15) is 33.1 Å². The van der Waals surface area contributed by atoms with Gasteiger partial charge in [-0.25, -0.2) is 0 Å². The molecule has 0 spiro atoms. The van der Waals surface area contributed by atoms with Gasteiger partial charge in [0.2, 0.25) is 0 Å². The summed E-state index contributed by atoms with van der Waals surface area (Å²) >= 11 is 0. The van der Waals surface area contributed by atoms with Crippen LogP contribution in [-0.4, -0.2) is 62.2 Å². The number of likely N-dealkylation sites (tertiary alicyclic amines) is 1. The van der Waals surface area contributed by atoms with Crippen molar-refractivity contribution < 1.29 is 0 Å². The van der Waals surface area contributed by atoms with Crippen LogP contribution in [0.3, 0.4) is 0 Å². The maximum atomic E-state index is 3.64. The molecule has 0 aromatic rings. The second-order valence-electron chi connectivity index (χ2n) is 6.71. The zero-order valence-corrected chi connectivity index (χ0v) is 11.8. The van der Waals surface area contributed by atoms with E-state index < -0.39 is 0 Å². The van der Waals surface area contributed by atoms with Gasteiger partial charge < -0.3 is 15.1 Å². The van der Waals surface area contributed by atoms with Gasteiger partial charge in [-0.15, -0.1) is 0 Å². The number of rotatable bonds is 3. The monoisotopic (exact) mass is 239 g/mol. The molecule has 1 N–H and O–H groups in total. The van der Waals surface area contributed by atoms with E-state index in [9.17, 15) is 0 Å². The van der Waals surface area contributed by atoms with Gasteiger partial charge in [0.25, 0.3) is 0 Å². The van der Waals surface area contributed by atoms with E-state index in [2.05, 4.69) is 36.0 Å². The van der Waals surface area contributed by atoms with Crippen LogP contribution in [0.4, 0.5) is 0 Å². The number of likely N-dealkylation sites (N-methyl/N-ethyl adjacent to an activating group) is 1. The summed E-state index contributed by atoms with van der Waals surface area (Å²) < 4.78 is 0. The summed E-state index contributed by atoms with van der Waals surface area (Å²) in [5.41, 5.74) is 0.583. The largest absolute Gasteiger partial charge is 0.311 e. The number of piperazine rings is 1. The van der Waals surface area contributed by atoms with Gasteiger partial charge in [0, 0.05) is 25.7 Å². The Kier molecular flexibility index (Phi) is 4.45. The Balaban J connectivity index is 1.65. The second kappa shape index (κ2) is 5.68. The SMILES string of the molecule is CN1CCNC(CCN2CCC(C)(C)CC2)C1. The summed E-state index contributed by atoms with van der Waals surface area (Å²) in [5, 5.41) is 3.64. The third-order valence-electron chi connectivity index (χ3n) is 4.46. The number of hydrogen-bond acceptors (Lipinski definition) is 3. The first-order valence-corrected chi connectivity index (χ1v) is 7.19. The molecule has 0 bridgehead atoms. The van der Waals surface area contributed by atoms with Gasteiger partial charge in [0.05, 0.1) is 0 Å². The highest BCUT2D eigenvalue weighted by Crippen LogP contribution is 2.29. The summed E-state index contributed by atoms with van der Waals surface area (Å²) in [6, 6.07) is 0.712. The summed E-state index contributed by atoms with van der Waals surface area (Å²) in [6.45, 7) is 12.3. The van der Waals surface area contributed by atoms with Crippen LogP contribution in [0.25, 0.3) is 0 Å². The quantitative estimate of drug-likeness (QED) is 0.803. The highest BCUT2D eigenvalue weighted by Gasteiger charge is 2.25. The van der Waals surface area contributed by atoms with Gasteiger partial charge in [-0.2, -0.15) is 0 Å². The molecule has 3 heteroatoms. The van der Waals surface area contributed by atoms with E-state index in [4.69, 9.17) is 0 Å². The Morgan fingerprint density at radius 2 is 1.88 bits per heavy atom. The zero-order valence-electron chi connectivity index (χ0n) is 11.8. The van der Waals surface area contributed by atoms with Crippen LogP contribution in [0.2, 0.25) is 0 Å². The molecular weight excluding hydrogens is 210 g/mol. The smallest absolute Gasteiger partial charge is 0.0207 e. The van der Waals surface area contributed by atoms with E-state index in [1.54, 1.807) is 0 Å². The molecule has 100 valence electrons. The Morgan fingerprint density at radius 3 is 2.53 bits per heavy atom. The number of nitrogens with zero attached hydrogens (tertiary/aromatic N) is 2. The normalized spacial score (nSPS) is 31.6. The predicted molar refractivity (Wildman–Crippen MR) is 73.4 cm³/mol. The van der Waals surface area contributed by atoms with E-state index in [0.717, 1.165) is 6.54 Å². The van der Waals surface area contributed by atoms with Crippen molar-refractivity contribution in [2.45, 2.75) is 39.2 Å². The minimum atomic E-state index is 0.583. The summed E-state index contributed by atoms with van der Waals surface area (Å²) in [7, 11) is 2.23. The topological polar surface area (TPSA) is 18.5 Å². The number of piperidine rings is 1. The minimum absolute atomic E-state index is 0.583. The lowest BCUT2D eigenvalue weighted by atomic mass is 9.82. The van der Waals surface area contributed by atoms with Crippen molar-refractivity contribution in [3.8, 4) is 0 Å². The summed E-state index contributed by atoms with van der Waals surface area (Å²) in [6.07, 6.45) is 4.04.